The van der Waals surface area contributed by atoms with E-state index in [1.54, 1.807) is 24.3 Å². The van der Waals surface area contributed by atoms with Crippen molar-refractivity contribution in [1.82, 2.24) is 0 Å². The van der Waals surface area contributed by atoms with Gasteiger partial charge in [-0.1, -0.05) is 18.2 Å². The number of esters is 1. The van der Waals surface area contributed by atoms with Crippen LogP contribution < -0.4 is 20.9 Å². The number of benzene rings is 2. The van der Waals surface area contributed by atoms with Crippen LogP contribution in [-0.2, 0) is 4.79 Å². The van der Waals surface area contributed by atoms with E-state index < -0.39 is 0 Å². The van der Waals surface area contributed by atoms with Crippen LogP contribution in [0, 0.1) is 11.8 Å². The van der Waals surface area contributed by atoms with Gasteiger partial charge in [-0.3, -0.25) is 9.79 Å². The standard InChI is InChI=1S/C21H25N3O3.ClH/c22-21(23)24-14-15-6-8-16(9-7-15)20(25)27-19-12-10-18(11-13-19)26-17-4-2-1-3-5-17;/h1-5,10-13,15-16H,6-9,14H2,(H4,22,23,24);1H. The Hall–Kier alpha value is -2.73. The molecule has 2 aromatic carbocycles. The summed E-state index contributed by atoms with van der Waals surface area (Å²) in [6.07, 6.45) is 3.47. The van der Waals surface area contributed by atoms with Crippen molar-refractivity contribution in [1.29, 1.82) is 0 Å². The van der Waals surface area contributed by atoms with Gasteiger partial charge in [-0.2, -0.15) is 0 Å². The minimum Gasteiger partial charge on any atom is -0.457 e. The summed E-state index contributed by atoms with van der Waals surface area (Å²) in [6.45, 7) is 0.632. The average molecular weight is 404 g/mol. The van der Waals surface area contributed by atoms with E-state index in [-0.39, 0.29) is 30.3 Å². The van der Waals surface area contributed by atoms with Gasteiger partial charge in [0.05, 0.1) is 5.92 Å². The third kappa shape index (κ3) is 6.46. The smallest absolute Gasteiger partial charge is 0.314 e. The summed E-state index contributed by atoms with van der Waals surface area (Å²) in [5, 5.41) is 0. The van der Waals surface area contributed by atoms with Gasteiger partial charge < -0.3 is 20.9 Å². The third-order valence-electron chi connectivity index (χ3n) is 4.73. The van der Waals surface area contributed by atoms with Crippen LogP contribution in [-0.4, -0.2) is 18.5 Å². The number of nitrogens with two attached hydrogens (primary N) is 2. The lowest BCUT2D eigenvalue weighted by Gasteiger charge is -2.26. The van der Waals surface area contributed by atoms with Gasteiger partial charge in [0.1, 0.15) is 17.2 Å². The SMILES string of the molecule is Cl.NC(N)=NCC1CCC(C(=O)Oc2ccc(Oc3ccccc3)cc2)CC1. The number of ether oxygens (including phenoxy) is 2. The summed E-state index contributed by atoms with van der Waals surface area (Å²) in [6, 6.07) is 16.6. The summed E-state index contributed by atoms with van der Waals surface area (Å²) in [7, 11) is 0. The lowest BCUT2D eigenvalue weighted by Crippen LogP contribution is -2.28. The quantitative estimate of drug-likeness (QED) is 0.330. The molecule has 0 unspecified atom stereocenters. The van der Waals surface area contributed by atoms with Crippen molar-refractivity contribution in [2.75, 3.05) is 6.54 Å². The Bertz CT molecular complexity index is 769. The number of hydrogen-bond donors (Lipinski definition) is 2. The molecule has 3 rings (SSSR count). The van der Waals surface area contributed by atoms with E-state index in [2.05, 4.69) is 4.99 Å². The predicted octanol–water partition coefficient (Wildman–Crippen LogP) is 3.89. The summed E-state index contributed by atoms with van der Waals surface area (Å²) >= 11 is 0. The maximum absolute atomic E-state index is 12.4. The zero-order valence-corrected chi connectivity index (χ0v) is 16.4. The van der Waals surface area contributed by atoms with Gasteiger partial charge in [0.15, 0.2) is 5.96 Å². The van der Waals surface area contributed by atoms with E-state index in [1.165, 1.54) is 0 Å². The Morgan fingerprint density at radius 3 is 2.07 bits per heavy atom. The highest BCUT2D eigenvalue weighted by Gasteiger charge is 2.27. The summed E-state index contributed by atoms with van der Waals surface area (Å²) in [5.41, 5.74) is 10.7. The molecule has 0 atom stereocenters. The number of halogens is 1. The minimum atomic E-state index is -0.174. The lowest BCUT2D eigenvalue weighted by molar-refractivity contribution is -0.140. The van der Waals surface area contributed by atoms with Crippen LogP contribution in [0.25, 0.3) is 0 Å². The van der Waals surface area contributed by atoms with Crippen LogP contribution in [0.15, 0.2) is 59.6 Å². The summed E-state index contributed by atoms with van der Waals surface area (Å²) in [5.74, 6) is 2.30. The number of rotatable bonds is 6. The molecule has 2 aromatic rings. The zero-order chi connectivity index (χ0) is 19.1. The molecule has 0 saturated heterocycles. The topological polar surface area (TPSA) is 99.9 Å². The highest BCUT2D eigenvalue weighted by Crippen LogP contribution is 2.31. The second-order valence-electron chi connectivity index (χ2n) is 6.79. The minimum absolute atomic E-state index is 0. The molecule has 6 nitrogen and oxygen atoms in total. The Kier molecular flexibility index (Phi) is 8.14. The maximum atomic E-state index is 12.4. The highest BCUT2D eigenvalue weighted by molar-refractivity contribution is 5.85. The fourth-order valence-corrected chi connectivity index (χ4v) is 3.22. The Balaban J connectivity index is 0.00000280. The van der Waals surface area contributed by atoms with Crippen LogP contribution in [0.4, 0.5) is 0 Å². The average Bonchev–Trinajstić information content (AvgIpc) is 2.69. The molecule has 1 aliphatic rings. The molecule has 0 amide bonds. The Morgan fingerprint density at radius 2 is 1.46 bits per heavy atom. The molecule has 1 fully saturated rings. The molecule has 150 valence electrons. The molecular weight excluding hydrogens is 378 g/mol. The van der Waals surface area contributed by atoms with Crippen molar-refractivity contribution in [3.8, 4) is 17.2 Å². The molecule has 7 heteroatoms. The van der Waals surface area contributed by atoms with E-state index in [9.17, 15) is 4.79 Å². The number of carbonyl (C=O) groups excluding carboxylic acids is 1. The molecule has 0 bridgehead atoms. The maximum Gasteiger partial charge on any atom is 0.314 e. The zero-order valence-electron chi connectivity index (χ0n) is 15.6. The fraction of sp³-hybridized carbons (Fsp3) is 0.333. The van der Waals surface area contributed by atoms with E-state index in [0.717, 1.165) is 31.4 Å². The number of para-hydroxylation sites is 1. The second-order valence-corrected chi connectivity index (χ2v) is 6.79. The monoisotopic (exact) mass is 403 g/mol. The van der Waals surface area contributed by atoms with Crippen molar-refractivity contribution in [3.63, 3.8) is 0 Å². The van der Waals surface area contributed by atoms with Crippen LogP contribution in [0.1, 0.15) is 25.7 Å². The van der Waals surface area contributed by atoms with Crippen molar-refractivity contribution in [2.45, 2.75) is 25.7 Å². The molecule has 28 heavy (non-hydrogen) atoms. The van der Waals surface area contributed by atoms with Crippen molar-refractivity contribution >= 4 is 24.3 Å². The van der Waals surface area contributed by atoms with Gasteiger partial charge >= 0.3 is 5.97 Å². The molecule has 0 aromatic heterocycles. The molecular formula is C21H26ClN3O3. The Labute approximate surface area is 171 Å². The van der Waals surface area contributed by atoms with Crippen molar-refractivity contribution in [2.24, 2.45) is 28.3 Å². The van der Waals surface area contributed by atoms with Gasteiger partial charge in [-0.05, 0) is 68.0 Å². The molecule has 0 radical (unpaired) electrons. The van der Waals surface area contributed by atoms with Crippen LogP contribution in [0.3, 0.4) is 0 Å². The van der Waals surface area contributed by atoms with Crippen LogP contribution >= 0.6 is 12.4 Å². The third-order valence-corrected chi connectivity index (χ3v) is 4.73. The van der Waals surface area contributed by atoms with Gasteiger partial charge in [0.25, 0.3) is 0 Å². The van der Waals surface area contributed by atoms with Crippen molar-refractivity contribution in [3.05, 3.63) is 54.6 Å². The van der Waals surface area contributed by atoms with Gasteiger partial charge in [-0.15, -0.1) is 12.4 Å². The van der Waals surface area contributed by atoms with Crippen LogP contribution in [0.5, 0.6) is 17.2 Å². The first-order chi connectivity index (χ1) is 13.1. The second kappa shape index (κ2) is 10.6. The molecule has 1 aliphatic carbocycles. The molecule has 0 aliphatic heterocycles. The van der Waals surface area contributed by atoms with E-state index in [0.29, 0.717) is 24.0 Å². The largest absolute Gasteiger partial charge is 0.457 e. The van der Waals surface area contributed by atoms with Gasteiger partial charge in [0.2, 0.25) is 0 Å². The first-order valence-electron chi connectivity index (χ1n) is 9.20. The fourth-order valence-electron chi connectivity index (χ4n) is 3.22. The van der Waals surface area contributed by atoms with E-state index in [1.807, 2.05) is 30.3 Å². The summed E-state index contributed by atoms with van der Waals surface area (Å²) in [4.78, 5) is 16.5. The molecule has 0 heterocycles. The van der Waals surface area contributed by atoms with Gasteiger partial charge in [0, 0.05) is 6.54 Å². The first-order valence-corrected chi connectivity index (χ1v) is 9.20. The highest BCUT2D eigenvalue weighted by atomic mass is 35.5. The van der Waals surface area contributed by atoms with E-state index >= 15 is 0 Å². The summed E-state index contributed by atoms with van der Waals surface area (Å²) < 4.78 is 11.3. The van der Waals surface area contributed by atoms with Gasteiger partial charge in [-0.25, -0.2) is 0 Å². The molecule has 4 N–H and O–H groups in total. The lowest BCUT2D eigenvalue weighted by atomic mass is 9.82. The normalized spacial score (nSPS) is 18.4. The first kappa shape index (κ1) is 21.6. The van der Waals surface area contributed by atoms with Crippen LogP contribution in [0.2, 0.25) is 0 Å². The molecule has 0 spiro atoms. The molecule has 1 saturated carbocycles. The number of carbonyl (C=O) groups is 1. The number of aliphatic imine (C=N–C) groups is 1. The van der Waals surface area contributed by atoms with Crippen molar-refractivity contribution < 1.29 is 14.3 Å². The number of guanidine groups is 1. The number of hydrogen-bond acceptors (Lipinski definition) is 4. The van der Waals surface area contributed by atoms with E-state index in [4.69, 9.17) is 20.9 Å². The predicted molar refractivity (Wildman–Crippen MR) is 112 cm³/mol. The Morgan fingerprint density at radius 1 is 0.893 bits per heavy atom. The number of nitrogens with zero attached hydrogens (tertiary/aromatic N) is 1.